The van der Waals surface area contributed by atoms with Gasteiger partial charge in [0, 0.05) is 0 Å². The summed E-state index contributed by atoms with van der Waals surface area (Å²) < 4.78 is 11.9. The second kappa shape index (κ2) is 8.76. The van der Waals surface area contributed by atoms with Gasteiger partial charge in [-0.1, -0.05) is 12.8 Å². The smallest absolute Gasteiger partial charge is 0.311 e. The average Bonchev–Trinajstić information content (AvgIpc) is 3.62. The predicted molar refractivity (Wildman–Crippen MR) is 135 cm³/mol. The fraction of sp³-hybridized carbons (Fsp3) is 0.935. The highest BCUT2D eigenvalue weighted by Crippen LogP contribution is 2.62. The number of rotatable bonds is 8. The molecule has 6 rings (SSSR count). The number of carbonyl (C=O) groups is 2. The lowest BCUT2D eigenvalue weighted by Gasteiger charge is -2.35. The quantitative estimate of drug-likeness (QED) is 0.362. The van der Waals surface area contributed by atoms with Crippen molar-refractivity contribution in [3.05, 3.63) is 0 Å². The summed E-state index contributed by atoms with van der Waals surface area (Å²) in [7, 11) is 0. The molecule has 0 aromatic carbocycles. The second-order valence-corrected chi connectivity index (χ2v) is 15.0. The van der Waals surface area contributed by atoms with Crippen LogP contribution in [0, 0.1) is 70.0 Å². The number of hydrogen-bond donors (Lipinski definition) is 0. The molecule has 0 aliphatic heterocycles. The molecule has 0 saturated heterocycles. The maximum atomic E-state index is 13.1. The van der Waals surface area contributed by atoms with Gasteiger partial charge in [0.1, 0.15) is 0 Å². The van der Waals surface area contributed by atoms with E-state index in [1.54, 1.807) is 0 Å². The van der Waals surface area contributed by atoms with Crippen LogP contribution in [0.4, 0.5) is 0 Å². The topological polar surface area (TPSA) is 52.6 Å². The molecule has 0 N–H and O–H groups in total. The van der Waals surface area contributed by atoms with Gasteiger partial charge in [0.2, 0.25) is 0 Å². The number of fused-ring (bicyclic) bond motifs is 10. The standard InChI is InChI=1S/C31H48O4/c1-30(2,28(32)34-15-20-11-18-13-26(20)24-9-5-7-22(18)24)17-31(3,4)29(33)35-16-21-12-19-14-27(21)25-10-6-8-23(19)25/h18-27H,5-17H2,1-4H3. The molecular weight excluding hydrogens is 436 g/mol. The van der Waals surface area contributed by atoms with Crippen LogP contribution in [0.5, 0.6) is 0 Å². The van der Waals surface area contributed by atoms with Crippen molar-refractivity contribution in [3.8, 4) is 0 Å². The third-order valence-corrected chi connectivity index (χ3v) is 12.0. The molecular formula is C31H48O4. The second-order valence-electron chi connectivity index (χ2n) is 15.0. The molecule has 0 amide bonds. The fourth-order valence-corrected chi connectivity index (χ4v) is 10.8. The Morgan fingerprint density at radius 2 is 1.00 bits per heavy atom. The van der Waals surface area contributed by atoms with Crippen LogP contribution in [-0.2, 0) is 19.1 Å². The highest BCUT2D eigenvalue weighted by atomic mass is 16.5. The van der Waals surface area contributed by atoms with Gasteiger partial charge in [0.25, 0.3) is 0 Å². The van der Waals surface area contributed by atoms with Gasteiger partial charge >= 0.3 is 11.9 Å². The van der Waals surface area contributed by atoms with Crippen LogP contribution in [0.2, 0.25) is 0 Å². The van der Waals surface area contributed by atoms with E-state index in [1.165, 1.54) is 64.2 Å². The Morgan fingerprint density at radius 3 is 1.43 bits per heavy atom. The molecule has 0 aromatic heterocycles. The molecule has 6 fully saturated rings. The van der Waals surface area contributed by atoms with Crippen LogP contribution in [0.15, 0.2) is 0 Å². The highest BCUT2D eigenvalue weighted by Gasteiger charge is 2.55. The first-order valence-electron chi connectivity index (χ1n) is 15.0. The van der Waals surface area contributed by atoms with Gasteiger partial charge in [-0.2, -0.15) is 0 Å². The van der Waals surface area contributed by atoms with E-state index in [0.29, 0.717) is 31.5 Å². The van der Waals surface area contributed by atoms with Crippen molar-refractivity contribution < 1.29 is 19.1 Å². The van der Waals surface area contributed by atoms with E-state index >= 15 is 0 Å². The minimum absolute atomic E-state index is 0.149. The molecule has 10 atom stereocenters. The average molecular weight is 485 g/mol. The van der Waals surface area contributed by atoms with Gasteiger partial charge in [-0.3, -0.25) is 9.59 Å². The monoisotopic (exact) mass is 484 g/mol. The van der Waals surface area contributed by atoms with Crippen molar-refractivity contribution in [1.29, 1.82) is 0 Å². The molecule has 0 spiro atoms. The van der Waals surface area contributed by atoms with Gasteiger partial charge in [0.05, 0.1) is 24.0 Å². The van der Waals surface area contributed by atoms with Crippen molar-refractivity contribution in [3.63, 3.8) is 0 Å². The van der Waals surface area contributed by atoms with Crippen molar-refractivity contribution in [2.24, 2.45) is 70.0 Å². The third kappa shape index (κ3) is 4.17. The Balaban J connectivity index is 0.978. The molecule has 35 heavy (non-hydrogen) atoms. The van der Waals surface area contributed by atoms with Crippen molar-refractivity contribution in [1.82, 2.24) is 0 Å². The van der Waals surface area contributed by atoms with E-state index in [0.717, 1.165) is 47.3 Å². The first-order valence-corrected chi connectivity index (χ1v) is 15.0. The maximum Gasteiger partial charge on any atom is 0.311 e. The largest absolute Gasteiger partial charge is 0.465 e. The Morgan fingerprint density at radius 1 is 0.600 bits per heavy atom. The summed E-state index contributed by atoms with van der Waals surface area (Å²) in [5.74, 6) is 7.86. The molecule has 196 valence electrons. The van der Waals surface area contributed by atoms with Crippen molar-refractivity contribution in [2.75, 3.05) is 13.2 Å². The zero-order valence-electron chi connectivity index (χ0n) is 22.6. The lowest BCUT2D eigenvalue weighted by atomic mass is 9.74. The van der Waals surface area contributed by atoms with Crippen LogP contribution in [0.1, 0.15) is 98.3 Å². The zero-order chi connectivity index (χ0) is 24.5. The van der Waals surface area contributed by atoms with Gasteiger partial charge < -0.3 is 9.47 Å². The zero-order valence-corrected chi connectivity index (χ0v) is 22.6. The summed E-state index contributed by atoms with van der Waals surface area (Å²) in [6.07, 6.45) is 14.1. The first kappa shape index (κ1) is 24.3. The maximum absolute atomic E-state index is 13.1. The van der Waals surface area contributed by atoms with Crippen LogP contribution in [0.3, 0.4) is 0 Å². The number of ether oxygens (including phenoxy) is 2. The molecule has 6 saturated carbocycles. The normalized spacial score (nSPS) is 43.4. The van der Waals surface area contributed by atoms with E-state index in [-0.39, 0.29) is 11.9 Å². The van der Waals surface area contributed by atoms with Crippen LogP contribution in [0.25, 0.3) is 0 Å². The predicted octanol–water partition coefficient (Wildman–Crippen LogP) is 6.66. The van der Waals surface area contributed by atoms with Gasteiger partial charge in [-0.05, 0) is 145 Å². The van der Waals surface area contributed by atoms with E-state index in [9.17, 15) is 9.59 Å². The summed E-state index contributed by atoms with van der Waals surface area (Å²) in [5.41, 5.74) is -1.39. The Bertz CT molecular complexity index is 777. The fourth-order valence-electron chi connectivity index (χ4n) is 10.8. The van der Waals surface area contributed by atoms with Crippen LogP contribution in [-0.4, -0.2) is 25.2 Å². The van der Waals surface area contributed by atoms with Gasteiger partial charge in [-0.25, -0.2) is 0 Å². The first-order chi connectivity index (χ1) is 16.6. The SMILES string of the molecule is CC(C)(CC(C)(C)C(=O)OCC1CC2CC1C1CCCC21)C(=O)OCC1CC2CC1C1CCCC21. The molecule has 6 aliphatic carbocycles. The van der Waals surface area contributed by atoms with E-state index in [1.807, 2.05) is 27.7 Å². The Kier molecular flexibility index (Phi) is 6.08. The minimum Gasteiger partial charge on any atom is -0.465 e. The summed E-state index contributed by atoms with van der Waals surface area (Å²) in [6.45, 7) is 8.90. The summed E-state index contributed by atoms with van der Waals surface area (Å²) >= 11 is 0. The molecule has 0 radical (unpaired) electrons. The molecule has 4 nitrogen and oxygen atoms in total. The van der Waals surface area contributed by atoms with Gasteiger partial charge in [0.15, 0.2) is 0 Å². The van der Waals surface area contributed by atoms with Gasteiger partial charge in [-0.15, -0.1) is 0 Å². The molecule has 6 aliphatic rings. The Hall–Kier alpha value is -1.06. The molecule has 0 aromatic rings. The van der Waals surface area contributed by atoms with Crippen molar-refractivity contribution in [2.45, 2.75) is 98.3 Å². The molecule has 4 heteroatoms. The van der Waals surface area contributed by atoms with Crippen molar-refractivity contribution >= 4 is 11.9 Å². The highest BCUT2D eigenvalue weighted by molar-refractivity contribution is 5.80. The van der Waals surface area contributed by atoms with E-state index in [4.69, 9.17) is 9.47 Å². The van der Waals surface area contributed by atoms with E-state index in [2.05, 4.69) is 0 Å². The number of esters is 2. The van der Waals surface area contributed by atoms with Crippen LogP contribution >= 0.6 is 0 Å². The molecule has 4 bridgehead atoms. The molecule has 10 unspecified atom stereocenters. The minimum atomic E-state index is -0.695. The summed E-state index contributed by atoms with van der Waals surface area (Å²) in [4.78, 5) is 26.3. The lowest BCUT2D eigenvalue weighted by Crippen LogP contribution is -2.39. The lowest BCUT2D eigenvalue weighted by molar-refractivity contribution is -0.164. The summed E-state index contributed by atoms with van der Waals surface area (Å²) in [6, 6.07) is 0. The van der Waals surface area contributed by atoms with E-state index < -0.39 is 10.8 Å². The Labute approximate surface area is 212 Å². The number of carbonyl (C=O) groups excluding carboxylic acids is 2. The molecule has 0 heterocycles. The third-order valence-electron chi connectivity index (χ3n) is 12.0. The summed E-state index contributed by atoms with van der Waals surface area (Å²) in [5, 5.41) is 0. The van der Waals surface area contributed by atoms with Crippen LogP contribution < -0.4 is 0 Å². The number of hydrogen-bond acceptors (Lipinski definition) is 4.